The molecule has 3 aromatic rings. The Balaban J connectivity index is 2.09. The zero-order valence-electron chi connectivity index (χ0n) is 10.5. The van der Waals surface area contributed by atoms with E-state index < -0.39 is 0 Å². The number of aromatic amines is 1. The van der Waals surface area contributed by atoms with Gasteiger partial charge in [0.25, 0.3) is 0 Å². The van der Waals surface area contributed by atoms with Gasteiger partial charge in [0.05, 0.1) is 7.11 Å². The Morgan fingerprint density at radius 3 is 2.53 bits per heavy atom. The van der Waals surface area contributed by atoms with Crippen LogP contribution in [0.25, 0.3) is 22.0 Å². The summed E-state index contributed by atoms with van der Waals surface area (Å²) in [6.07, 6.45) is 0. The van der Waals surface area contributed by atoms with Crippen molar-refractivity contribution >= 4 is 16.9 Å². The molecule has 2 aromatic carbocycles. The Morgan fingerprint density at radius 2 is 1.79 bits per heavy atom. The van der Waals surface area contributed by atoms with Gasteiger partial charge < -0.3 is 9.72 Å². The van der Waals surface area contributed by atoms with Crippen LogP contribution in [0.4, 0.5) is 0 Å². The molecule has 0 aliphatic carbocycles. The van der Waals surface area contributed by atoms with Crippen LogP contribution < -0.4 is 0 Å². The minimum absolute atomic E-state index is 0.350. The number of carbonyl (C=O) groups excluding carboxylic acids is 1. The highest BCUT2D eigenvalue weighted by Crippen LogP contribution is 2.24. The molecule has 3 nitrogen and oxygen atoms in total. The molecule has 19 heavy (non-hydrogen) atoms. The van der Waals surface area contributed by atoms with Crippen LogP contribution in [0.3, 0.4) is 0 Å². The molecule has 0 atom stereocenters. The van der Waals surface area contributed by atoms with E-state index in [1.54, 1.807) is 6.07 Å². The van der Waals surface area contributed by atoms with Gasteiger partial charge in [-0.05, 0) is 23.3 Å². The second-order valence-electron chi connectivity index (χ2n) is 4.34. The van der Waals surface area contributed by atoms with Gasteiger partial charge in [0.1, 0.15) is 5.69 Å². The average Bonchev–Trinajstić information content (AvgIpc) is 2.90. The van der Waals surface area contributed by atoms with Gasteiger partial charge in [0, 0.05) is 10.9 Å². The first kappa shape index (κ1) is 11.5. The summed E-state index contributed by atoms with van der Waals surface area (Å²) in [6.45, 7) is 0. The molecule has 94 valence electrons. The van der Waals surface area contributed by atoms with Gasteiger partial charge in [-0.25, -0.2) is 4.79 Å². The molecule has 0 spiro atoms. The number of carbonyl (C=O) groups is 1. The van der Waals surface area contributed by atoms with Crippen LogP contribution in [-0.2, 0) is 4.74 Å². The van der Waals surface area contributed by atoms with Gasteiger partial charge in [-0.2, -0.15) is 0 Å². The molecule has 0 saturated carbocycles. The molecular formula is C16H13NO2. The van der Waals surface area contributed by atoms with E-state index >= 15 is 0 Å². The van der Waals surface area contributed by atoms with Crippen LogP contribution in [-0.4, -0.2) is 18.1 Å². The summed E-state index contributed by atoms with van der Waals surface area (Å²) >= 11 is 0. The lowest BCUT2D eigenvalue weighted by molar-refractivity contribution is 0.0595. The normalized spacial score (nSPS) is 10.6. The summed E-state index contributed by atoms with van der Waals surface area (Å²) in [6, 6.07) is 18.0. The average molecular weight is 251 g/mol. The van der Waals surface area contributed by atoms with Crippen LogP contribution in [0.15, 0.2) is 54.6 Å². The summed E-state index contributed by atoms with van der Waals surface area (Å²) in [7, 11) is 1.38. The van der Waals surface area contributed by atoms with Gasteiger partial charge in [0.2, 0.25) is 0 Å². The van der Waals surface area contributed by atoms with Crippen molar-refractivity contribution in [3.05, 3.63) is 60.3 Å². The van der Waals surface area contributed by atoms with Crippen molar-refractivity contribution in [1.82, 2.24) is 4.98 Å². The number of hydrogen-bond donors (Lipinski definition) is 1. The van der Waals surface area contributed by atoms with E-state index in [0.29, 0.717) is 5.69 Å². The zero-order valence-corrected chi connectivity index (χ0v) is 10.5. The molecule has 0 saturated heterocycles. The number of H-pyrrole nitrogens is 1. The van der Waals surface area contributed by atoms with Crippen molar-refractivity contribution in [2.45, 2.75) is 0 Å². The highest BCUT2D eigenvalue weighted by atomic mass is 16.5. The predicted molar refractivity (Wildman–Crippen MR) is 75.1 cm³/mol. The number of nitrogens with one attached hydrogen (secondary N) is 1. The third kappa shape index (κ3) is 2.10. The minimum Gasteiger partial charge on any atom is -0.464 e. The smallest absolute Gasteiger partial charge is 0.354 e. The predicted octanol–water partition coefficient (Wildman–Crippen LogP) is 3.62. The van der Waals surface area contributed by atoms with Gasteiger partial charge in [-0.1, -0.05) is 42.5 Å². The Kier molecular flexibility index (Phi) is 2.80. The van der Waals surface area contributed by atoms with Crippen molar-refractivity contribution < 1.29 is 9.53 Å². The van der Waals surface area contributed by atoms with Gasteiger partial charge >= 0.3 is 5.97 Å². The van der Waals surface area contributed by atoms with Crippen LogP contribution in [0.1, 0.15) is 10.5 Å². The Labute approximate surface area is 110 Å². The first-order valence-electron chi connectivity index (χ1n) is 6.04. The van der Waals surface area contributed by atoms with E-state index in [9.17, 15) is 4.79 Å². The maximum Gasteiger partial charge on any atom is 0.354 e. The molecule has 0 amide bonds. The lowest BCUT2D eigenvalue weighted by Gasteiger charge is -2.01. The molecule has 0 aliphatic rings. The van der Waals surface area contributed by atoms with Crippen molar-refractivity contribution in [1.29, 1.82) is 0 Å². The summed E-state index contributed by atoms with van der Waals surface area (Å²) in [4.78, 5) is 14.6. The molecule has 0 radical (unpaired) electrons. The molecule has 1 aromatic heterocycles. The van der Waals surface area contributed by atoms with Crippen molar-refractivity contribution in [2.24, 2.45) is 0 Å². The SMILES string of the molecule is COC(=O)c1cc2ccc(-c3ccccc3)cc2[nH]1. The lowest BCUT2D eigenvalue weighted by Crippen LogP contribution is -2.00. The molecule has 0 bridgehead atoms. The summed E-state index contributed by atoms with van der Waals surface area (Å²) < 4.78 is 4.71. The van der Waals surface area contributed by atoms with Gasteiger partial charge in [-0.15, -0.1) is 0 Å². The van der Waals surface area contributed by atoms with Gasteiger partial charge in [-0.3, -0.25) is 0 Å². The molecule has 0 aliphatic heterocycles. The molecular weight excluding hydrogens is 238 g/mol. The van der Waals surface area contributed by atoms with Crippen LogP contribution in [0.2, 0.25) is 0 Å². The van der Waals surface area contributed by atoms with Crippen molar-refractivity contribution in [3.63, 3.8) is 0 Å². The van der Waals surface area contributed by atoms with E-state index in [1.807, 2.05) is 36.4 Å². The number of rotatable bonds is 2. The Bertz CT molecular complexity index is 729. The second kappa shape index (κ2) is 4.61. The number of benzene rings is 2. The van der Waals surface area contributed by atoms with E-state index in [-0.39, 0.29) is 5.97 Å². The van der Waals surface area contributed by atoms with Crippen LogP contribution in [0.5, 0.6) is 0 Å². The molecule has 1 heterocycles. The summed E-state index contributed by atoms with van der Waals surface area (Å²) in [5.74, 6) is -0.350. The maximum atomic E-state index is 11.5. The standard InChI is InChI=1S/C16H13NO2/c1-19-16(18)15-10-13-8-7-12(9-14(13)17-15)11-5-3-2-4-6-11/h2-10,17H,1H3. The Hall–Kier alpha value is -2.55. The monoisotopic (exact) mass is 251 g/mol. The number of hydrogen-bond acceptors (Lipinski definition) is 2. The molecule has 3 heteroatoms. The van der Waals surface area contributed by atoms with Crippen LogP contribution >= 0.6 is 0 Å². The van der Waals surface area contributed by atoms with E-state index in [2.05, 4.69) is 17.1 Å². The number of methoxy groups -OCH3 is 1. The van der Waals surface area contributed by atoms with Crippen molar-refractivity contribution in [3.8, 4) is 11.1 Å². The topological polar surface area (TPSA) is 42.1 Å². The van der Waals surface area contributed by atoms with Crippen molar-refractivity contribution in [2.75, 3.05) is 7.11 Å². The number of aromatic nitrogens is 1. The quantitative estimate of drug-likeness (QED) is 0.707. The number of fused-ring (bicyclic) bond motifs is 1. The van der Waals surface area contributed by atoms with E-state index in [4.69, 9.17) is 4.74 Å². The fourth-order valence-electron chi connectivity index (χ4n) is 2.16. The number of ether oxygens (including phenoxy) is 1. The first-order valence-corrected chi connectivity index (χ1v) is 6.04. The molecule has 0 fully saturated rings. The molecule has 3 rings (SSSR count). The highest BCUT2D eigenvalue weighted by Gasteiger charge is 2.09. The third-order valence-corrected chi connectivity index (χ3v) is 3.13. The Morgan fingerprint density at radius 1 is 1.00 bits per heavy atom. The lowest BCUT2D eigenvalue weighted by atomic mass is 10.0. The summed E-state index contributed by atoms with van der Waals surface area (Å²) in [5, 5.41) is 1.00. The van der Waals surface area contributed by atoms with Crippen LogP contribution in [0, 0.1) is 0 Å². The minimum atomic E-state index is -0.350. The largest absolute Gasteiger partial charge is 0.464 e. The van der Waals surface area contributed by atoms with Gasteiger partial charge in [0.15, 0.2) is 0 Å². The highest BCUT2D eigenvalue weighted by molar-refractivity contribution is 5.95. The maximum absolute atomic E-state index is 11.5. The second-order valence-corrected chi connectivity index (χ2v) is 4.34. The number of esters is 1. The van der Waals surface area contributed by atoms with E-state index in [0.717, 1.165) is 22.0 Å². The molecule has 1 N–H and O–H groups in total. The zero-order chi connectivity index (χ0) is 13.2. The fourth-order valence-corrected chi connectivity index (χ4v) is 2.16. The summed E-state index contributed by atoms with van der Waals surface area (Å²) in [5.41, 5.74) is 3.68. The van der Waals surface area contributed by atoms with E-state index in [1.165, 1.54) is 7.11 Å². The molecule has 0 unspecified atom stereocenters. The first-order chi connectivity index (χ1) is 9.28. The fraction of sp³-hybridized carbons (Fsp3) is 0.0625. The third-order valence-electron chi connectivity index (χ3n) is 3.13.